The maximum Gasteiger partial charge on any atom is 0.0967 e. The number of aryl methyl sites for hydroxylation is 1. The molecule has 2 aromatic rings. The van der Waals surface area contributed by atoms with E-state index in [2.05, 4.69) is 39.5 Å². The summed E-state index contributed by atoms with van der Waals surface area (Å²) in [6, 6.07) is 10.4. The van der Waals surface area contributed by atoms with Crippen molar-refractivity contribution >= 4 is 12.4 Å². The van der Waals surface area contributed by atoms with Crippen molar-refractivity contribution in [3.05, 3.63) is 47.8 Å². The van der Waals surface area contributed by atoms with E-state index in [9.17, 15) is 0 Å². The van der Waals surface area contributed by atoms with Gasteiger partial charge in [0.2, 0.25) is 0 Å². The predicted octanol–water partition coefficient (Wildman–Crippen LogP) is 1.20. The maximum absolute atomic E-state index is 5.66. The van der Waals surface area contributed by atoms with Crippen molar-refractivity contribution in [2.75, 3.05) is 13.1 Å². The van der Waals surface area contributed by atoms with Crippen LogP contribution in [0.5, 0.6) is 0 Å². The van der Waals surface area contributed by atoms with Gasteiger partial charge in [-0.15, -0.1) is 17.5 Å². The first-order chi connectivity index (χ1) is 8.78. The van der Waals surface area contributed by atoms with Gasteiger partial charge in [-0.2, -0.15) is 0 Å². The molecule has 5 nitrogen and oxygen atoms in total. The van der Waals surface area contributed by atoms with Crippen molar-refractivity contribution in [2.24, 2.45) is 12.8 Å². The Morgan fingerprint density at radius 3 is 2.53 bits per heavy atom. The Morgan fingerprint density at radius 1 is 1.21 bits per heavy atom. The van der Waals surface area contributed by atoms with Gasteiger partial charge in [-0.3, -0.25) is 9.58 Å². The molecule has 6 heteroatoms. The molecule has 0 saturated carbocycles. The van der Waals surface area contributed by atoms with Crippen LogP contribution in [0.1, 0.15) is 11.3 Å². The smallest absolute Gasteiger partial charge is 0.0967 e. The number of nitrogens with two attached hydrogens (primary N) is 1. The zero-order valence-electron chi connectivity index (χ0n) is 11.1. The standard InChI is InChI=1S/C13H19N5.ClH/c1-17-10-13(15-16-17)11-18(8-7-14)9-12-5-3-2-4-6-12;/h2-6,10H,7-9,11,14H2,1H3;1H. The summed E-state index contributed by atoms with van der Waals surface area (Å²) < 4.78 is 1.72. The molecule has 0 unspecified atom stereocenters. The molecular formula is C13H20ClN5. The van der Waals surface area contributed by atoms with Crippen LogP contribution in [-0.2, 0) is 20.1 Å². The first-order valence-corrected chi connectivity index (χ1v) is 6.09. The van der Waals surface area contributed by atoms with Crippen LogP contribution >= 0.6 is 12.4 Å². The van der Waals surface area contributed by atoms with Gasteiger partial charge in [0, 0.05) is 39.4 Å². The summed E-state index contributed by atoms with van der Waals surface area (Å²) in [5, 5.41) is 8.06. The summed E-state index contributed by atoms with van der Waals surface area (Å²) in [5.74, 6) is 0. The third kappa shape index (κ3) is 4.98. The largest absolute Gasteiger partial charge is 0.329 e. The fraction of sp³-hybridized carbons (Fsp3) is 0.385. The monoisotopic (exact) mass is 281 g/mol. The van der Waals surface area contributed by atoms with Crippen molar-refractivity contribution in [1.29, 1.82) is 0 Å². The maximum atomic E-state index is 5.66. The summed E-state index contributed by atoms with van der Waals surface area (Å²) in [6.07, 6.45) is 1.94. The molecule has 1 aromatic heterocycles. The van der Waals surface area contributed by atoms with E-state index in [1.165, 1.54) is 5.56 Å². The lowest BCUT2D eigenvalue weighted by atomic mass is 10.2. The minimum atomic E-state index is 0. The number of rotatable bonds is 6. The molecule has 0 aliphatic carbocycles. The molecule has 0 spiro atoms. The Hall–Kier alpha value is -1.43. The van der Waals surface area contributed by atoms with Crippen molar-refractivity contribution in [2.45, 2.75) is 13.1 Å². The van der Waals surface area contributed by atoms with Gasteiger partial charge in [0.05, 0.1) is 5.69 Å². The van der Waals surface area contributed by atoms with Gasteiger partial charge in [-0.25, -0.2) is 0 Å². The lowest BCUT2D eigenvalue weighted by Gasteiger charge is -2.20. The number of hydrogen-bond acceptors (Lipinski definition) is 4. The SMILES string of the molecule is Cl.Cn1cc(CN(CCN)Cc2ccccc2)nn1. The lowest BCUT2D eigenvalue weighted by molar-refractivity contribution is 0.261. The van der Waals surface area contributed by atoms with Crippen LogP contribution in [0.4, 0.5) is 0 Å². The Kier molecular flexibility index (Phi) is 6.49. The number of hydrogen-bond donors (Lipinski definition) is 1. The molecule has 0 radical (unpaired) electrons. The first kappa shape index (κ1) is 15.6. The van der Waals surface area contributed by atoms with E-state index in [0.717, 1.165) is 25.3 Å². The van der Waals surface area contributed by atoms with Crippen LogP contribution in [0.2, 0.25) is 0 Å². The Morgan fingerprint density at radius 2 is 1.95 bits per heavy atom. The van der Waals surface area contributed by atoms with Crippen LogP contribution < -0.4 is 5.73 Å². The van der Waals surface area contributed by atoms with E-state index in [1.807, 2.05) is 19.3 Å². The molecule has 0 saturated heterocycles. The van der Waals surface area contributed by atoms with Gasteiger partial charge in [-0.05, 0) is 5.56 Å². The average Bonchev–Trinajstić information content (AvgIpc) is 2.76. The minimum absolute atomic E-state index is 0. The zero-order chi connectivity index (χ0) is 12.8. The van der Waals surface area contributed by atoms with Crippen LogP contribution in [0.25, 0.3) is 0 Å². The molecule has 2 rings (SSSR count). The first-order valence-electron chi connectivity index (χ1n) is 6.09. The second-order valence-corrected chi connectivity index (χ2v) is 4.37. The molecule has 0 aliphatic rings. The van der Waals surface area contributed by atoms with Gasteiger partial charge < -0.3 is 5.73 Å². The third-order valence-corrected chi connectivity index (χ3v) is 2.73. The highest BCUT2D eigenvalue weighted by Gasteiger charge is 2.08. The summed E-state index contributed by atoms with van der Waals surface area (Å²) >= 11 is 0. The van der Waals surface area contributed by atoms with Crippen LogP contribution in [0.3, 0.4) is 0 Å². The molecule has 1 aromatic carbocycles. The molecule has 2 N–H and O–H groups in total. The zero-order valence-corrected chi connectivity index (χ0v) is 11.9. The van der Waals surface area contributed by atoms with Crippen LogP contribution in [-0.4, -0.2) is 33.0 Å². The van der Waals surface area contributed by atoms with E-state index < -0.39 is 0 Å². The predicted molar refractivity (Wildman–Crippen MR) is 77.9 cm³/mol. The second kappa shape index (κ2) is 7.89. The third-order valence-electron chi connectivity index (χ3n) is 2.73. The molecule has 0 atom stereocenters. The Balaban J connectivity index is 0.00000180. The Labute approximate surface area is 119 Å². The number of benzene rings is 1. The fourth-order valence-corrected chi connectivity index (χ4v) is 1.94. The van der Waals surface area contributed by atoms with Gasteiger partial charge in [-0.1, -0.05) is 35.5 Å². The van der Waals surface area contributed by atoms with Gasteiger partial charge in [0.15, 0.2) is 0 Å². The van der Waals surface area contributed by atoms with E-state index in [1.54, 1.807) is 4.68 Å². The molecule has 19 heavy (non-hydrogen) atoms. The summed E-state index contributed by atoms with van der Waals surface area (Å²) in [5.41, 5.74) is 7.92. The number of nitrogens with zero attached hydrogens (tertiary/aromatic N) is 4. The lowest BCUT2D eigenvalue weighted by Crippen LogP contribution is -2.28. The average molecular weight is 282 g/mol. The summed E-state index contributed by atoms with van der Waals surface area (Å²) in [4.78, 5) is 2.28. The molecule has 0 amide bonds. The van der Waals surface area contributed by atoms with Crippen LogP contribution in [0.15, 0.2) is 36.5 Å². The van der Waals surface area contributed by atoms with E-state index >= 15 is 0 Å². The minimum Gasteiger partial charge on any atom is -0.329 e. The van der Waals surface area contributed by atoms with Crippen molar-refractivity contribution in [1.82, 2.24) is 19.9 Å². The molecular weight excluding hydrogens is 262 g/mol. The summed E-state index contributed by atoms with van der Waals surface area (Å²) in [6.45, 7) is 3.16. The molecule has 0 aliphatic heterocycles. The van der Waals surface area contributed by atoms with E-state index in [0.29, 0.717) is 6.54 Å². The van der Waals surface area contributed by atoms with Crippen molar-refractivity contribution in [3.63, 3.8) is 0 Å². The van der Waals surface area contributed by atoms with Crippen molar-refractivity contribution in [3.8, 4) is 0 Å². The van der Waals surface area contributed by atoms with Crippen molar-refractivity contribution < 1.29 is 0 Å². The normalized spacial score (nSPS) is 10.5. The molecule has 0 fully saturated rings. The molecule has 0 bridgehead atoms. The Bertz CT molecular complexity index is 471. The quantitative estimate of drug-likeness (QED) is 0.864. The van der Waals surface area contributed by atoms with E-state index in [4.69, 9.17) is 5.73 Å². The topological polar surface area (TPSA) is 60.0 Å². The number of halogens is 1. The van der Waals surface area contributed by atoms with Gasteiger partial charge in [0.1, 0.15) is 0 Å². The van der Waals surface area contributed by atoms with Gasteiger partial charge in [0.25, 0.3) is 0 Å². The highest BCUT2D eigenvalue weighted by atomic mass is 35.5. The molecule has 104 valence electrons. The summed E-state index contributed by atoms with van der Waals surface area (Å²) in [7, 11) is 1.88. The van der Waals surface area contributed by atoms with E-state index in [-0.39, 0.29) is 12.4 Å². The van der Waals surface area contributed by atoms with Gasteiger partial charge >= 0.3 is 0 Å². The van der Waals surface area contributed by atoms with Crippen LogP contribution in [0, 0.1) is 0 Å². The highest BCUT2D eigenvalue weighted by Crippen LogP contribution is 2.07. The fourth-order valence-electron chi connectivity index (χ4n) is 1.94. The number of aromatic nitrogens is 3. The molecule has 1 heterocycles. The highest BCUT2D eigenvalue weighted by molar-refractivity contribution is 5.85. The second-order valence-electron chi connectivity index (χ2n) is 4.37.